The maximum absolute atomic E-state index is 13.4. The Kier molecular flexibility index (Phi) is 5.30. The summed E-state index contributed by atoms with van der Waals surface area (Å²) >= 11 is 0. The number of benzene rings is 2. The van der Waals surface area contributed by atoms with Crippen LogP contribution in [0.3, 0.4) is 0 Å². The molecule has 6 heteroatoms. The zero-order valence-electron chi connectivity index (χ0n) is 12.9. The third-order valence-corrected chi connectivity index (χ3v) is 2.99. The number of nitrogens with zero attached hydrogens (tertiary/aromatic N) is 1. The highest BCUT2D eigenvalue weighted by molar-refractivity contribution is 5.97. The number of hydrogen-bond donors (Lipinski definition) is 1. The number of carbonyl (C=O) groups is 2. The molecule has 0 saturated carbocycles. The fourth-order valence-electron chi connectivity index (χ4n) is 1.89. The predicted molar refractivity (Wildman–Crippen MR) is 85.0 cm³/mol. The standard InChI is InChI=1S/C17H17FN2O3/c1-20(2)17(22)12-6-5-7-13(10-12)19-16(21)11-23-15-9-4-3-8-14(15)18/h3-10H,11H2,1-2H3,(H,19,21). The Morgan fingerprint density at radius 1 is 1.13 bits per heavy atom. The van der Waals surface area contributed by atoms with Gasteiger partial charge in [-0.25, -0.2) is 4.39 Å². The Labute approximate surface area is 133 Å². The van der Waals surface area contributed by atoms with Crippen molar-refractivity contribution in [3.8, 4) is 5.75 Å². The van der Waals surface area contributed by atoms with Crippen molar-refractivity contribution in [2.75, 3.05) is 26.0 Å². The SMILES string of the molecule is CN(C)C(=O)c1cccc(NC(=O)COc2ccccc2F)c1. The molecule has 2 amide bonds. The van der Waals surface area contributed by atoms with Crippen LogP contribution < -0.4 is 10.1 Å². The van der Waals surface area contributed by atoms with Gasteiger partial charge in [-0.15, -0.1) is 0 Å². The van der Waals surface area contributed by atoms with E-state index >= 15 is 0 Å². The van der Waals surface area contributed by atoms with Gasteiger partial charge in [-0.1, -0.05) is 18.2 Å². The molecule has 0 aliphatic carbocycles. The molecule has 5 nitrogen and oxygen atoms in total. The summed E-state index contributed by atoms with van der Waals surface area (Å²) in [6.07, 6.45) is 0. The number of hydrogen-bond acceptors (Lipinski definition) is 3. The van der Waals surface area contributed by atoms with Crippen molar-refractivity contribution in [1.82, 2.24) is 4.90 Å². The van der Waals surface area contributed by atoms with Crippen LogP contribution >= 0.6 is 0 Å². The third kappa shape index (κ3) is 4.54. The molecule has 0 fully saturated rings. The molecular weight excluding hydrogens is 299 g/mol. The lowest BCUT2D eigenvalue weighted by molar-refractivity contribution is -0.118. The van der Waals surface area contributed by atoms with Crippen molar-refractivity contribution in [3.63, 3.8) is 0 Å². The number of anilines is 1. The fraction of sp³-hybridized carbons (Fsp3) is 0.176. The van der Waals surface area contributed by atoms with Gasteiger partial charge in [0, 0.05) is 25.3 Å². The zero-order chi connectivity index (χ0) is 16.8. The summed E-state index contributed by atoms with van der Waals surface area (Å²) in [6, 6.07) is 12.4. The van der Waals surface area contributed by atoms with Gasteiger partial charge in [-0.2, -0.15) is 0 Å². The number of rotatable bonds is 5. The van der Waals surface area contributed by atoms with E-state index in [0.29, 0.717) is 11.3 Å². The quantitative estimate of drug-likeness (QED) is 0.922. The van der Waals surface area contributed by atoms with Crippen LogP contribution in [0.2, 0.25) is 0 Å². The lowest BCUT2D eigenvalue weighted by Crippen LogP contribution is -2.23. The molecule has 0 saturated heterocycles. The van der Waals surface area contributed by atoms with E-state index in [0.717, 1.165) is 0 Å². The lowest BCUT2D eigenvalue weighted by atomic mass is 10.2. The Balaban J connectivity index is 1.97. The number of amides is 2. The highest BCUT2D eigenvalue weighted by Gasteiger charge is 2.10. The van der Waals surface area contributed by atoms with E-state index in [1.165, 1.54) is 23.1 Å². The molecule has 0 spiro atoms. The van der Waals surface area contributed by atoms with E-state index in [1.54, 1.807) is 44.4 Å². The Hall–Kier alpha value is -2.89. The van der Waals surface area contributed by atoms with Gasteiger partial charge in [-0.05, 0) is 30.3 Å². The van der Waals surface area contributed by atoms with Crippen LogP contribution in [0.4, 0.5) is 10.1 Å². The van der Waals surface area contributed by atoms with E-state index in [-0.39, 0.29) is 18.3 Å². The van der Waals surface area contributed by atoms with Crippen molar-refractivity contribution in [3.05, 3.63) is 59.9 Å². The molecule has 2 aromatic carbocycles. The second-order valence-electron chi connectivity index (χ2n) is 5.05. The van der Waals surface area contributed by atoms with E-state index < -0.39 is 11.7 Å². The molecule has 0 aromatic heterocycles. The van der Waals surface area contributed by atoms with Gasteiger partial charge >= 0.3 is 0 Å². The van der Waals surface area contributed by atoms with Crippen molar-refractivity contribution in [2.45, 2.75) is 0 Å². The van der Waals surface area contributed by atoms with Crippen LogP contribution in [-0.2, 0) is 4.79 Å². The van der Waals surface area contributed by atoms with E-state index in [2.05, 4.69) is 5.32 Å². The van der Waals surface area contributed by atoms with Gasteiger partial charge in [0.1, 0.15) is 0 Å². The minimum absolute atomic E-state index is 0.0131. The second-order valence-corrected chi connectivity index (χ2v) is 5.05. The van der Waals surface area contributed by atoms with E-state index in [4.69, 9.17) is 4.74 Å². The molecule has 0 bridgehead atoms. The number of halogens is 1. The van der Waals surface area contributed by atoms with Gasteiger partial charge in [0.15, 0.2) is 18.2 Å². The number of nitrogens with one attached hydrogen (secondary N) is 1. The molecule has 1 N–H and O–H groups in total. The summed E-state index contributed by atoms with van der Waals surface area (Å²) in [6.45, 7) is -0.327. The molecule has 0 aliphatic heterocycles. The first-order chi connectivity index (χ1) is 11.0. The molecular formula is C17H17FN2O3. The van der Waals surface area contributed by atoms with Crippen LogP contribution in [0.5, 0.6) is 5.75 Å². The minimum Gasteiger partial charge on any atom is -0.481 e. The normalized spacial score (nSPS) is 10.0. The molecule has 120 valence electrons. The minimum atomic E-state index is -0.529. The Morgan fingerprint density at radius 3 is 2.57 bits per heavy atom. The number of ether oxygens (including phenoxy) is 1. The van der Waals surface area contributed by atoms with E-state index in [9.17, 15) is 14.0 Å². The first kappa shape index (κ1) is 16.5. The maximum Gasteiger partial charge on any atom is 0.262 e. The monoisotopic (exact) mass is 316 g/mol. The molecule has 2 rings (SSSR count). The average molecular weight is 316 g/mol. The van der Waals surface area contributed by atoms with Gasteiger partial charge in [-0.3, -0.25) is 9.59 Å². The third-order valence-electron chi connectivity index (χ3n) is 2.99. The molecule has 2 aromatic rings. The van der Waals surface area contributed by atoms with Crippen LogP contribution in [0, 0.1) is 5.82 Å². The van der Waals surface area contributed by atoms with Crippen molar-refractivity contribution in [1.29, 1.82) is 0 Å². The van der Waals surface area contributed by atoms with Crippen molar-refractivity contribution < 1.29 is 18.7 Å². The maximum atomic E-state index is 13.4. The second kappa shape index (κ2) is 7.40. The van der Waals surface area contributed by atoms with Crippen molar-refractivity contribution in [2.24, 2.45) is 0 Å². The van der Waals surface area contributed by atoms with Crippen LogP contribution in [0.1, 0.15) is 10.4 Å². The zero-order valence-corrected chi connectivity index (χ0v) is 12.9. The largest absolute Gasteiger partial charge is 0.481 e. The Morgan fingerprint density at radius 2 is 1.87 bits per heavy atom. The van der Waals surface area contributed by atoms with Crippen LogP contribution in [-0.4, -0.2) is 37.4 Å². The molecule has 0 unspecified atom stereocenters. The van der Waals surface area contributed by atoms with Crippen LogP contribution in [0.25, 0.3) is 0 Å². The van der Waals surface area contributed by atoms with Gasteiger partial charge in [0.2, 0.25) is 0 Å². The summed E-state index contributed by atoms with van der Waals surface area (Å²) in [5, 5.41) is 2.61. The summed E-state index contributed by atoms with van der Waals surface area (Å²) in [5.41, 5.74) is 0.933. The molecule has 0 aliphatic rings. The molecule has 23 heavy (non-hydrogen) atoms. The summed E-state index contributed by atoms with van der Waals surface area (Å²) in [7, 11) is 3.30. The summed E-state index contributed by atoms with van der Waals surface area (Å²) in [4.78, 5) is 25.2. The first-order valence-electron chi connectivity index (χ1n) is 6.96. The van der Waals surface area contributed by atoms with Gasteiger partial charge < -0.3 is 15.0 Å². The molecule has 0 atom stereocenters. The highest BCUT2D eigenvalue weighted by atomic mass is 19.1. The highest BCUT2D eigenvalue weighted by Crippen LogP contribution is 2.16. The lowest BCUT2D eigenvalue weighted by Gasteiger charge is -2.12. The molecule has 0 radical (unpaired) electrons. The van der Waals surface area contributed by atoms with Gasteiger partial charge in [0.05, 0.1) is 0 Å². The number of carbonyl (C=O) groups excluding carboxylic acids is 2. The molecule has 0 heterocycles. The van der Waals surface area contributed by atoms with Crippen molar-refractivity contribution >= 4 is 17.5 Å². The summed E-state index contributed by atoms with van der Waals surface area (Å²) in [5.74, 6) is -1.12. The average Bonchev–Trinajstić information content (AvgIpc) is 2.53. The predicted octanol–water partition coefficient (Wildman–Crippen LogP) is 2.55. The topological polar surface area (TPSA) is 58.6 Å². The Bertz CT molecular complexity index is 716. The number of para-hydroxylation sites is 1. The smallest absolute Gasteiger partial charge is 0.262 e. The first-order valence-corrected chi connectivity index (χ1v) is 6.96. The summed E-state index contributed by atoms with van der Waals surface area (Å²) < 4.78 is 18.5. The van der Waals surface area contributed by atoms with Crippen LogP contribution in [0.15, 0.2) is 48.5 Å². The van der Waals surface area contributed by atoms with E-state index in [1.807, 2.05) is 0 Å². The van der Waals surface area contributed by atoms with Gasteiger partial charge in [0.25, 0.3) is 11.8 Å². The fourth-order valence-corrected chi connectivity index (χ4v) is 1.89.